The van der Waals surface area contributed by atoms with E-state index >= 15 is 0 Å². The Morgan fingerprint density at radius 2 is 2.14 bits per heavy atom. The van der Waals surface area contributed by atoms with Gasteiger partial charge in [0, 0.05) is 19.2 Å². The Labute approximate surface area is 126 Å². The fourth-order valence-electron chi connectivity index (χ4n) is 3.68. The van der Waals surface area contributed by atoms with Crippen LogP contribution in [-0.2, 0) is 16.0 Å². The van der Waals surface area contributed by atoms with Crippen LogP contribution in [0.2, 0.25) is 0 Å². The molecular formula is C17H25NO3. The van der Waals surface area contributed by atoms with E-state index in [2.05, 4.69) is 11.0 Å². The molecule has 0 radical (unpaired) electrons. The van der Waals surface area contributed by atoms with Gasteiger partial charge in [-0.2, -0.15) is 0 Å². The lowest BCUT2D eigenvalue weighted by atomic mass is 10.1. The lowest BCUT2D eigenvalue weighted by Crippen LogP contribution is -2.43. The molecule has 1 aliphatic heterocycles. The number of furan rings is 1. The number of hydrogen-bond donors (Lipinski definition) is 0. The summed E-state index contributed by atoms with van der Waals surface area (Å²) in [4.78, 5) is 2.50. The largest absolute Gasteiger partial charge is 0.465 e. The molecular weight excluding hydrogens is 266 g/mol. The Bertz CT molecular complexity index is 482. The summed E-state index contributed by atoms with van der Waals surface area (Å²) in [7, 11) is 0. The third kappa shape index (κ3) is 3.03. The first-order valence-corrected chi connectivity index (χ1v) is 8.32. The highest BCUT2D eigenvalue weighted by Crippen LogP contribution is 2.35. The molecule has 4 rings (SSSR count). The molecule has 1 aromatic heterocycles. The molecule has 0 N–H and O–H groups in total. The Kier molecular flexibility index (Phi) is 3.78. The molecule has 4 nitrogen and oxygen atoms in total. The van der Waals surface area contributed by atoms with E-state index in [4.69, 9.17) is 13.9 Å². The SMILES string of the molecule is Cc1ccc(CN2CCO[C@H]3CC[C@H]2[C@@H]3OCC2CC2)o1. The molecule has 0 spiro atoms. The molecule has 0 unspecified atom stereocenters. The van der Waals surface area contributed by atoms with Crippen LogP contribution >= 0.6 is 0 Å². The topological polar surface area (TPSA) is 34.8 Å². The summed E-state index contributed by atoms with van der Waals surface area (Å²) in [5.74, 6) is 2.86. The summed E-state index contributed by atoms with van der Waals surface area (Å²) in [6.07, 6.45) is 5.56. The van der Waals surface area contributed by atoms with Gasteiger partial charge in [-0.3, -0.25) is 4.90 Å². The van der Waals surface area contributed by atoms with Crippen molar-refractivity contribution in [1.82, 2.24) is 4.90 Å². The van der Waals surface area contributed by atoms with E-state index in [0.29, 0.717) is 12.1 Å². The van der Waals surface area contributed by atoms with E-state index in [-0.39, 0.29) is 6.10 Å². The molecule has 2 heterocycles. The van der Waals surface area contributed by atoms with Crippen LogP contribution in [0.15, 0.2) is 16.5 Å². The minimum absolute atomic E-state index is 0.254. The average Bonchev–Trinajstić information content (AvgIpc) is 3.10. The van der Waals surface area contributed by atoms with Crippen LogP contribution in [0.25, 0.3) is 0 Å². The first-order valence-electron chi connectivity index (χ1n) is 8.32. The highest BCUT2D eigenvalue weighted by atomic mass is 16.5. The van der Waals surface area contributed by atoms with E-state index < -0.39 is 0 Å². The maximum absolute atomic E-state index is 6.25. The van der Waals surface area contributed by atoms with Gasteiger partial charge >= 0.3 is 0 Å². The maximum Gasteiger partial charge on any atom is 0.118 e. The minimum atomic E-state index is 0.254. The fraction of sp³-hybridized carbons (Fsp3) is 0.765. The van der Waals surface area contributed by atoms with E-state index in [9.17, 15) is 0 Å². The van der Waals surface area contributed by atoms with E-state index in [1.807, 2.05) is 13.0 Å². The van der Waals surface area contributed by atoms with Gasteiger partial charge in [0.25, 0.3) is 0 Å². The minimum Gasteiger partial charge on any atom is -0.465 e. The van der Waals surface area contributed by atoms with Gasteiger partial charge in [-0.1, -0.05) is 0 Å². The van der Waals surface area contributed by atoms with Crippen LogP contribution in [0, 0.1) is 12.8 Å². The second kappa shape index (κ2) is 5.75. The van der Waals surface area contributed by atoms with Gasteiger partial charge in [0.1, 0.15) is 11.5 Å². The zero-order valence-corrected chi connectivity index (χ0v) is 12.8. The van der Waals surface area contributed by atoms with Crippen LogP contribution < -0.4 is 0 Å². The number of ether oxygens (including phenoxy) is 2. The van der Waals surface area contributed by atoms with Gasteiger partial charge in [-0.15, -0.1) is 0 Å². The predicted molar refractivity (Wildman–Crippen MR) is 79.1 cm³/mol. The molecule has 21 heavy (non-hydrogen) atoms. The molecule has 2 aliphatic carbocycles. The van der Waals surface area contributed by atoms with Gasteiger partial charge in [-0.05, 0) is 50.7 Å². The second-order valence-corrected chi connectivity index (χ2v) is 6.78. The van der Waals surface area contributed by atoms with Crippen molar-refractivity contribution in [3.63, 3.8) is 0 Å². The Balaban J connectivity index is 1.44. The average molecular weight is 291 g/mol. The summed E-state index contributed by atoms with van der Waals surface area (Å²) in [6, 6.07) is 4.62. The Morgan fingerprint density at radius 1 is 1.24 bits per heavy atom. The van der Waals surface area contributed by atoms with Gasteiger partial charge in [0.15, 0.2) is 0 Å². The summed E-state index contributed by atoms with van der Waals surface area (Å²) in [5.41, 5.74) is 0. The molecule has 0 aromatic carbocycles. The first kappa shape index (κ1) is 13.8. The number of fused-ring (bicyclic) bond motifs is 2. The molecule has 1 saturated heterocycles. The van der Waals surface area contributed by atoms with Gasteiger partial charge in [0.05, 0.1) is 25.4 Å². The van der Waals surface area contributed by atoms with E-state index in [1.54, 1.807) is 0 Å². The van der Waals surface area contributed by atoms with Gasteiger partial charge < -0.3 is 13.9 Å². The molecule has 0 amide bonds. The van der Waals surface area contributed by atoms with Crippen molar-refractivity contribution in [3.05, 3.63) is 23.7 Å². The van der Waals surface area contributed by atoms with Crippen LogP contribution in [-0.4, -0.2) is 42.9 Å². The summed E-state index contributed by atoms with van der Waals surface area (Å²) in [5, 5.41) is 0. The summed E-state index contributed by atoms with van der Waals surface area (Å²) < 4.78 is 18.0. The zero-order valence-electron chi connectivity index (χ0n) is 12.8. The van der Waals surface area contributed by atoms with Gasteiger partial charge in [-0.25, -0.2) is 0 Å². The van der Waals surface area contributed by atoms with Crippen LogP contribution in [0.3, 0.4) is 0 Å². The lowest BCUT2D eigenvalue weighted by Gasteiger charge is -2.30. The summed E-state index contributed by atoms with van der Waals surface area (Å²) in [6.45, 7) is 5.59. The molecule has 3 atom stereocenters. The number of nitrogens with zero attached hydrogens (tertiary/aromatic N) is 1. The van der Waals surface area contributed by atoms with Crippen LogP contribution in [0.5, 0.6) is 0 Å². The monoisotopic (exact) mass is 291 g/mol. The molecule has 3 fully saturated rings. The fourth-order valence-corrected chi connectivity index (χ4v) is 3.68. The smallest absolute Gasteiger partial charge is 0.118 e. The second-order valence-electron chi connectivity index (χ2n) is 6.78. The summed E-state index contributed by atoms with van der Waals surface area (Å²) >= 11 is 0. The molecule has 3 aliphatic rings. The third-order valence-electron chi connectivity index (χ3n) is 5.05. The Morgan fingerprint density at radius 3 is 2.90 bits per heavy atom. The van der Waals surface area contributed by atoms with Crippen molar-refractivity contribution in [2.24, 2.45) is 5.92 Å². The van der Waals surface area contributed by atoms with Crippen molar-refractivity contribution in [2.75, 3.05) is 19.8 Å². The number of hydrogen-bond acceptors (Lipinski definition) is 4. The normalized spacial score (nSPS) is 33.3. The van der Waals surface area contributed by atoms with Crippen molar-refractivity contribution < 1.29 is 13.9 Å². The van der Waals surface area contributed by atoms with Crippen molar-refractivity contribution in [3.8, 4) is 0 Å². The molecule has 2 saturated carbocycles. The lowest BCUT2D eigenvalue weighted by molar-refractivity contribution is -0.0574. The van der Waals surface area contributed by atoms with Crippen LogP contribution in [0.1, 0.15) is 37.2 Å². The highest BCUT2D eigenvalue weighted by Gasteiger charge is 2.43. The van der Waals surface area contributed by atoms with Crippen molar-refractivity contribution in [2.45, 2.75) is 57.4 Å². The highest BCUT2D eigenvalue weighted by molar-refractivity contribution is 5.06. The molecule has 4 heteroatoms. The van der Waals surface area contributed by atoms with E-state index in [0.717, 1.165) is 50.2 Å². The van der Waals surface area contributed by atoms with Gasteiger partial charge in [0.2, 0.25) is 0 Å². The number of aryl methyl sites for hydroxylation is 1. The molecule has 116 valence electrons. The third-order valence-corrected chi connectivity index (χ3v) is 5.05. The predicted octanol–water partition coefficient (Wildman–Crippen LogP) is 2.75. The maximum atomic E-state index is 6.25. The van der Waals surface area contributed by atoms with Crippen molar-refractivity contribution >= 4 is 0 Å². The zero-order chi connectivity index (χ0) is 14.2. The first-order chi connectivity index (χ1) is 10.3. The quantitative estimate of drug-likeness (QED) is 0.835. The van der Waals surface area contributed by atoms with E-state index in [1.165, 1.54) is 19.3 Å². The van der Waals surface area contributed by atoms with Crippen molar-refractivity contribution in [1.29, 1.82) is 0 Å². The standard InChI is InChI=1S/C17H25NO3/c1-12-2-5-14(21-12)10-18-8-9-19-16-7-6-15(18)17(16)20-11-13-3-4-13/h2,5,13,15-17H,3-4,6-11H2,1H3/t15-,16-,17-/m0/s1. The Hall–Kier alpha value is -0.840. The van der Waals surface area contributed by atoms with Crippen LogP contribution in [0.4, 0.5) is 0 Å². The number of rotatable bonds is 5. The molecule has 2 bridgehead atoms. The molecule has 1 aromatic rings.